The normalized spacial score (nSPS) is 16.8. The third kappa shape index (κ3) is 3.31. The molecule has 0 fully saturated rings. The molecule has 0 aromatic rings. The van der Waals surface area contributed by atoms with Crippen LogP contribution in [0.25, 0.3) is 0 Å². The zero-order valence-corrected chi connectivity index (χ0v) is 7.71. The molecule has 68 valence electrons. The minimum absolute atomic E-state index is 0.150. The van der Waals surface area contributed by atoms with Crippen LogP contribution < -0.4 is 0 Å². The summed E-state index contributed by atoms with van der Waals surface area (Å²) in [7, 11) is -1.20. The number of ether oxygens (including phenoxy) is 2. The number of hydrogen-bond donors (Lipinski definition) is 1. The summed E-state index contributed by atoms with van der Waals surface area (Å²) in [6.45, 7) is 1.77. The summed E-state index contributed by atoms with van der Waals surface area (Å²) in [5.74, 6) is 0. The van der Waals surface area contributed by atoms with Crippen LogP contribution in [0.3, 0.4) is 0 Å². The van der Waals surface area contributed by atoms with Crippen LogP contribution in [0, 0.1) is 0 Å². The fourth-order valence-electron chi connectivity index (χ4n) is 0.608. The van der Waals surface area contributed by atoms with Crippen molar-refractivity contribution in [1.29, 1.82) is 0 Å². The van der Waals surface area contributed by atoms with E-state index in [4.69, 9.17) is 4.89 Å². The predicted octanol–water partition coefficient (Wildman–Crippen LogP) is 0.785. The second-order valence-corrected chi connectivity index (χ2v) is 3.57. The van der Waals surface area contributed by atoms with Crippen LogP contribution in [0.15, 0.2) is 0 Å². The Morgan fingerprint density at radius 2 is 1.91 bits per heavy atom. The maximum atomic E-state index is 11.1. The van der Waals surface area contributed by atoms with E-state index in [9.17, 15) is 4.57 Å². The monoisotopic (exact) mass is 184 g/mol. The van der Waals surface area contributed by atoms with Crippen LogP contribution in [0.5, 0.6) is 0 Å². The van der Waals surface area contributed by atoms with Crippen molar-refractivity contribution < 1.29 is 23.5 Å². The van der Waals surface area contributed by atoms with Gasteiger partial charge in [0.1, 0.15) is 0 Å². The van der Waals surface area contributed by atoms with Crippen molar-refractivity contribution >= 4 is 7.60 Å². The van der Waals surface area contributed by atoms with E-state index in [1.807, 2.05) is 0 Å². The molecule has 1 atom stereocenters. The van der Waals surface area contributed by atoms with Gasteiger partial charge in [-0.05, 0) is 6.92 Å². The highest BCUT2D eigenvalue weighted by Crippen LogP contribution is 2.47. The fourth-order valence-corrected chi connectivity index (χ4v) is 1.63. The summed E-state index contributed by atoms with van der Waals surface area (Å²) in [5.41, 5.74) is 0. The Bertz CT molecular complexity index is 144. The predicted molar refractivity (Wildman–Crippen MR) is 39.3 cm³/mol. The van der Waals surface area contributed by atoms with Crippen molar-refractivity contribution in [3.05, 3.63) is 0 Å². The second kappa shape index (κ2) is 4.85. The molecule has 0 aliphatic rings. The van der Waals surface area contributed by atoms with E-state index < -0.39 is 13.6 Å². The highest BCUT2D eigenvalue weighted by atomic mass is 31.2. The van der Waals surface area contributed by atoms with Gasteiger partial charge in [0.2, 0.25) is 0 Å². The lowest BCUT2D eigenvalue weighted by Crippen LogP contribution is -2.14. The second-order valence-electron chi connectivity index (χ2n) is 1.76. The van der Waals surface area contributed by atoms with E-state index in [-0.39, 0.29) is 6.61 Å². The average molecular weight is 184 g/mol. The highest BCUT2D eigenvalue weighted by Gasteiger charge is 2.32. The molecule has 0 bridgehead atoms. The van der Waals surface area contributed by atoms with Crippen LogP contribution in [0.2, 0.25) is 0 Å². The molecule has 5 nitrogen and oxygen atoms in total. The van der Waals surface area contributed by atoms with Crippen LogP contribution >= 0.6 is 7.60 Å². The van der Waals surface area contributed by atoms with Gasteiger partial charge in [0.15, 0.2) is 0 Å². The molecule has 1 N–H and O–H groups in total. The lowest BCUT2D eigenvalue weighted by atomic mass is 10.9. The van der Waals surface area contributed by atoms with Gasteiger partial charge < -0.3 is 18.9 Å². The van der Waals surface area contributed by atoms with Crippen molar-refractivity contribution in [3.8, 4) is 0 Å². The molecule has 0 radical (unpaired) electrons. The van der Waals surface area contributed by atoms with Crippen molar-refractivity contribution in [2.24, 2.45) is 0 Å². The van der Waals surface area contributed by atoms with Crippen molar-refractivity contribution in [2.75, 3.05) is 20.8 Å². The van der Waals surface area contributed by atoms with E-state index in [0.717, 1.165) is 0 Å². The Hall–Kier alpha value is 0.0700. The minimum atomic E-state index is -3.75. The van der Waals surface area contributed by atoms with Crippen LogP contribution in [0.1, 0.15) is 6.92 Å². The summed E-state index contributed by atoms with van der Waals surface area (Å²) in [6.07, 6.45) is 0. The first-order valence-electron chi connectivity index (χ1n) is 3.11. The van der Waals surface area contributed by atoms with Gasteiger partial charge in [-0.15, -0.1) is 0 Å². The molecular weight excluding hydrogens is 171 g/mol. The third-order valence-corrected chi connectivity index (χ3v) is 2.57. The number of methoxy groups -OCH3 is 2. The van der Waals surface area contributed by atoms with Gasteiger partial charge in [-0.2, -0.15) is 0 Å². The van der Waals surface area contributed by atoms with Gasteiger partial charge >= 0.3 is 7.60 Å². The Morgan fingerprint density at radius 3 is 2.18 bits per heavy atom. The van der Waals surface area contributed by atoms with E-state index >= 15 is 0 Å². The summed E-state index contributed by atoms with van der Waals surface area (Å²) in [5, 5.41) is 0. The zero-order chi connectivity index (χ0) is 8.91. The van der Waals surface area contributed by atoms with Crippen LogP contribution in [0.4, 0.5) is 0 Å². The van der Waals surface area contributed by atoms with Crippen molar-refractivity contribution in [2.45, 2.75) is 13.0 Å². The Balaban J connectivity index is 4.13. The summed E-state index contributed by atoms with van der Waals surface area (Å²) >= 11 is 0. The molecule has 0 rings (SSSR count). The van der Waals surface area contributed by atoms with Crippen molar-refractivity contribution in [3.63, 3.8) is 0 Å². The summed E-state index contributed by atoms with van der Waals surface area (Å²) in [4.78, 5) is 9.06. The van der Waals surface area contributed by atoms with Gasteiger partial charge in [0, 0.05) is 14.2 Å². The maximum Gasteiger partial charge on any atom is 0.383 e. The topological polar surface area (TPSA) is 65.0 Å². The van der Waals surface area contributed by atoms with E-state index in [0.29, 0.717) is 0 Å². The van der Waals surface area contributed by atoms with Crippen molar-refractivity contribution in [1.82, 2.24) is 0 Å². The van der Waals surface area contributed by atoms with Gasteiger partial charge in [0.25, 0.3) is 6.03 Å². The number of hydrogen-bond acceptors (Lipinski definition) is 4. The molecule has 6 heteroatoms. The molecule has 11 heavy (non-hydrogen) atoms. The molecule has 0 saturated heterocycles. The molecule has 0 amide bonds. The highest BCUT2D eigenvalue weighted by molar-refractivity contribution is 7.53. The zero-order valence-electron chi connectivity index (χ0n) is 6.81. The maximum absolute atomic E-state index is 11.1. The Morgan fingerprint density at radius 1 is 1.45 bits per heavy atom. The molecule has 0 aromatic carbocycles. The van der Waals surface area contributed by atoms with Crippen LogP contribution in [-0.4, -0.2) is 31.8 Å². The smallest absolute Gasteiger partial charge is 0.346 e. The Kier molecular flexibility index (Phi) is 4.88. The van der Waals surface area contributed by atoms with Gasteiger partial charge in [0.05, 0.1) is 6.61 Å². The molecule has 1 unspecified atom stereocenters. The molecule has 0 heterocycles. The molecular formula is C5H13O5P. The number of rotatable bonds is 5. The SMILES string of the molecule is CCOP(=O)(O)C(OC)OC. The molecule has 0 spiro atoms. The van der Waals surface area contributed by atoms with Gasteiger partial charge in [-0.25, -0.2) is 0 Å². The van der Waals surface area contributed by atoms with E-state index in [2.05, 4.69) is 14.0 Å². The summed E-state index contributed by atoms with van der Waals surface area (Å²) in [6, 6.07) is -1.19. The Labute approximate surface area is 65.8 Å². The quantitative estimate of drug-likeness (QED) is 0.505. The van der Waals surface area contributed by atoms with Gasteiger partial charge in [-0.1, -0.05) is 0 Å². The lowest BCUT2D eigenvalue weighted by Gasteiger charge is -2.18. The third-order valence-electron chi connectivity index (χ3n) is 0.984. The van der Waals surface area contributed by atoms with Gasteiger partial charge in [-0.3, -0.25) is 4.57 Å². The largest absolute Gasteiger partial charge is 0.383 e. The fraction of sp³-hybridized carbons (Fsp3) is 1.00. The summed E-state index contributed by atoms with van der Waals surface area (Å²) < 4.78 is 24.7. The molecule has 0 aliphatic heterocycles. The van der Waals surface area contributed by atoms with E-state index in [1.54, 1.807) is 6.92 Å². The molecule has 0 aliphatic carbocycles. The van der Waals surface area contributed by atoms with Crippen LogP contribution in [-0.2, 0) is 18.6 Å². The molecule has 0 aromatic heterocycles. The first-order chi connectivity index (χ1) is 5.08. The minimum Gasteiger partial charge on any atom is -0.346 e. The first-order valence-corrected chi connectivity index (χ1v) is 4.75. The standard InChI is InChI=1S/C5H13O5P/c1-4-10-11(6,7)5(8-2)9-3/h5H,4H2,1-3H3,(H,6,7). The average Bonchev–Trinajstić information content (AvgIpc) is 1.89. The lowest BCUT2D eigenvalue weighted by molar-refractivity contribution is -0.0602. The molecule has 0 saturated carbocycles. The van der Waals surface area contributed by atoms with E-state index in [1.165, 1.54) is 14.2 Å². The first kappa shape index (κ1) is 11.1.